The van der Waals surface area contributed by atoms with Crippen molar-refractivity contribution in [2.45, 2.75) is 70.8 Å². The lowest BCUT2D eigenvalue weighted by atomic mass is 9.83. The Morgan fingerprint density at radius 3 is 2.25 bits per heavy atom. The van der Waals surface area contributed by atoms with Crippen LogP contribution >= 0.6 is 0 Å². The van der Waals surface area contributed by atoms with Crippen molar-refractivity contribution >= 4 is 5.91 Å². The van der Waals surface area contributed by atoms with Crippen molar-refractivity contribution in [2.75, 3.05) is 7.05 Å². The summed E-state index contributed by atoms with van der Waals surface area (Å²) in [6.07, 6.45) is -2.16. The van der Waals surface area contributed by atoms with E-state index >= 15 is 0 Å². The zero-order chi connectivity index (χ0) is 15.5. The largest absolute Gasteiger partial charge is 0.393 e. The Kier molecular flexibility index (Phi) is 5.86. The number of hydrogen-bond acceptors (Lipinski definition) is 2. The number of rotatable bonds is 4. The van der Waals surface area contributed by atoms with E-state index in [0.29, 0.717) is 12.8 Å². The van der Waals surface area contributed by atoms with Crippen LogP contribution in [0, 0.1) is 5.92 Å². The van der Waals surface area contributed by atoms with Crippen LogP contribution in [-0.2, 0) is 4.79 Å². The Bertz CT molecular complexity index is 331. The van der Waals surface area contributed by atoms with E-state index in [1.54, 1.807) is 18.9 Å². The van der Waals surface area contributed by atoms with Gasteiger partial charge >= 0.3 is 6.18 Å². The Morgan fingerprint density at radius 1 is 1.20 bits per heavy atom. The van der Waals surface area contributed by atoms with Crippen LogP contribution < -0.4 is 5.32 Å². The minimum atomic E-state index is -4.19. The predicted octanol–water partition coefficient (Wildman–Crippen LogP) is 2.95. The highest BCUT2D eigenvalue weighted by molar-refractivity contribution is 5.81. The highest BCUT2D eigenvalue weighted by Crippen LogP contribution is 2.37. The van der Waals surface area contributed by atoms with Gasteiger partial charge in [0.05, 0.1) is 12.0 Å². The number of carbonyl (C=O) groups excluding carboxylic acids is 1. The number of hydrogen-bond donors (Lipinski definition) is 1. The SMILES string of the molecule is CC(C)N(C)C(=O)[C@H](C)N[C@H]1CCCC[C@H]1C(F)(F)F. The van der Waals surface area contributed by atoms with Gasteiger partial charge in [-0.1, -0.05) is 12.8 Å². The fourth-order valence-corrected chi connectivity index (χ4v) is 2.67. The molecule has 0 aromatic rings. The number of halogens is 3. The van der Waals surface area contributed by atoms with E-state index in [9.17, 15) is 18.0 Å². The van der Waals surface area contributed by atoms with Gasteiger partial charge in [-0.25, -0.2) is 0 Å². The predicted molar refractivity (Wildman–Crippen MR) is 72.3 cm³/mol. The highest BCUT2D eigenvalue weighted by Gasteiger charge is 2.46. The van der Waals surface area contributed by atoms with Crippen LogP contribution in [0.4, 0.5) is 13.2 Å². The molecule has 1 amide bonds. The molecular weight excluding hydrogens is 269 g/mol. The minimum absolute atomic E-state index is 0.0384. The third-order valence-corrected chi connectivity index (χ3v) is 4.14. The van der Waals surface area contributed by atoms with Crippen molar-refractivity contribution in [3.8, 4) is 0 Å². The van der Waals surface area contributed by atoms with Gasteiger partial charge in [-0.3, -0.25) is 4.79 Å². The van der Waals surface area contributed by atoms with Gasteiger partial charge in [0.2, 0.25) is 5.91 Å². The summed E-state index contributed by atoms with van der Waals surface area (Å²) in [5, 5.41) is 2.90. The molecule has 20 heavy (non-hydrogen) atoms. The summed E-state index contributed by atoms with van der Waals surface area (Å²) >= 11 is 0. The van der Waals surface area contributed by atoms with Crippen LogP contribution in [0.2, 0.25) is 0 Å². The average molecular weight is 294 g/mol. The van der Waals surface area contributed by atoms with Gasteiger partial charge in [-0.2, -0.15) is 13.2 Å². The van der Waals surface area contributed by atoms with Crippen LogP contribution in [0.25, 0.3) is 0 Å². The molecule has 1 aliphatic rings. The molecule has 0 bridgehead atoms. The van der Waals surface area contributed by atoms with Gasteiger partial charge in [-0.15, -0.1) is 0 Å². The van der Waals surface area contributed by atoms with Gasteiger partial charge in [0, 0.05) is 19.1 Å². The Labute approximate surface area is 118 Å². The highest BCUT2D eigenvalue weighted by atomic mass is 19.4. The first-order valence-electron chi connectivity index (χ1n) is 7.24. The first-order chi connectivity index (χ1) is 9.14. The van der Waals surface area contributed by atoms with Crippen LogP contribution in [0.3, 0.4) is 0 Å². The number of nitrogens with one attached hydrogen (secondary N) is 1. The lowest BCUT2D eigenvalue weighted by molar-refractivity contribution is -0.189. The Balaban J connectivity index is 2.67. The fourth-order valence-electron chi connectivity index (χ4n) is 2.67. The number of carbonyl (C=O) groups is 1. The molecule has 0 heterocycles. The van der Waals surface area contributed by atoms with Gasteiger partial charge < -0.3 is 10.2 Å². The minimum Gasteiger partial charge on any atom is -0.342 e. The van der Waals surface area contributed by atoms with Crippen molar-refractivity contribution in [3.05, 3.63) is 0 Å². The Hall–Kier alpha value is -0.780. The van der Waals surface area contributed by atoms with Crippen LogP contribution in [0.15, 0.2) is 0 Å². The zero-order valence-corrected chi connectivity index (χ0v) is 12.6. The summed E-state index contributed by atoms with van der Waals surface area (Å²) in [6.45, 7) is 5.40. The first-order valence-corrected chi connectivity index (χ1v) is 7.24. The maximum atomic E-state index is 13.0. The topological polar surface area (TPSA) is 32.3 Å². The number of amides is 1. The molecule has 0 aromatic carbocycles. The summed E-state index contributed by atoms with van der Waals surface area (Å²) in [5.74, 6) is -1.50. The first kappa shape index (κ1) is 17.3. The number of nitrogens with zero attached hydrogens (tertiary/aromatic N) is 1. The fraction of sp³-hybridized carbons (Fsp3) is 0.929. The van der Waals surface area contributed by atoms with E-state index in [4.69, 9.17) is 0 Å². The van der Waals surface area contributed by atoms with E-state index < -0.39 is 24.2 Å². The molecule has 1 N–H and O–H groups in total. The second-order valence-electron chi connectivity index (χ2n) is 5.97. The molecule has 6 heteroatoms. The molecule has 0 aliphatic heterocycles. The van der Waals surface area contributed by atoms with E-state index in [1.807, 2.05) is 13.8 Å². The van der Waals surface area contributed by atoms with Crippen LogP contribution in [-0.4, -0.2) is 42.2 Å². The van der Waals surface area contributed by atoms with E-state index in [1.165, 1.54) is 0 Å². The lowest BCUT2D eigenvalue weighted by Gasteiger charge is -2.36. The number of likely N-dealkylation sites (N-methyl/N-ethyl adjacent to an activating group) is 1. The van der Waals surface area contributed by atoms with Crippen molar-refractivity contribution < 1.29 is 18.0 Å². The van der Waals surface area contributed by atoms with Crippen molar-refractivity contribution in [3.63, 3.8) is 0 Å². The smallest absolute Gasteiger partial charge is 0.342 e. The number of alkyl halides is 3. The maximum Gasteiger partial charge on any atom is 0.393 e. The molecule has 3 nitrogen and oxygen atoms in total. The second kappa shape index (κ2) is 6.78. The molecule has 0 spiro atoms. The molecule has 1 aliphatic carbocycles. The molecule has 1 fully saturated rings. The summed E-state index contributed by atoms with van der Waals surface area (Å²) in [7, 11) is 1.67. The van der Waals surface area contributed by atoms with Gasteiger partial charge in [0.15, 0.2) is 0 Å². The summed E-state index contributed by atoms with van der Waals surface area (Å²) in [4.78, 5) is 13.7. The van der Waals surface area contributed by atoms with E-state index in [0.717, 1.165) is 6.42 Å². The average Bonchev–Trinajstić information content (AvgIpc) is 2.36. The van der Waals surface area contributed by atoms with E-state index in [-0.39, 0.29) is 18.4 Å². The molecule has 0 radical (unpaired) electrons. The molecule has 0 aromatic heterocycles. The normalized spacial score (nSPS) is 25.6. The van der Waals surface area contributed by atoms with Gasteiger partial charge in [0.1, 0.15) is 0 Å². The molecule has 118 valence electrons. The summed E-state index contributed by atoms with van der Waals surface area (Å²) in [5.41, 5.74) is 0. The lowest BCUT2D eigenvalue weighted by Crippen LogP contribution is -2.53. The third-order valence-electron chi connectivity index (χ3n) is 4.14. The summed E-state index contributed by atoms with van der Waals surface area (Å²) in [6, 6.07) is -1.20. The molecular formula is C14H25F3N2O. The van der Waals surface area contributed by atoms with Crippen molar-refractivity contribution in [1.82, 2.24) is 10.2 Å². The Morgan fingerprint density at radius 2 is 1.75 bits per heavy atom. The molecule has 1 saturated carbocycles. The third kappa shape index (κ3) is 4.36. The van der Waals surface area contributed by atoms with Gasteiger partial charge in [0.25, 0.3) is 0 Å². The molecule has 0 unspecified atom stereocenters. The van der Waals surface area contributed by atoms with E-state index in [2.05, 4.69) is 5.32 Å². The molecule has 1 rings (SSSR count). The maximum absolute atomic E-state index is 13.0. The summed E-state index contributed by atoms with van der Waals surface area (Å²) < 4.78 is 39.0. The monoisotopic (exact) mass is 294 g/mol. The van der Waals surface area contributed by atoms with Crippen LogP contribution in [0.1, 0.15) is 46.5 Å². The van der Waals surface area contributed by atoms with Crippen molar-refractivity contribution in [1.29, 1.82) is 0 Å². The zero-order valence-electron chi connectivity index (χ0n) is 12.6. The quantitative estimate of drug-likeness (QED) is 0.864. The van der Waals surface area contributed by atoms with Crippen molar-refractivity contribution in [2.24, 2.45) is 5.92 Å². The molecule has 3 atom stereocenters. The van der Waals surface area contributed by atoms with Gasteiger partial charge in [-0.05, 0) is 33.6 Å². The van der Waals surface area contributed by atoms with Crippen LogP contribution in [0.5, 0.6) is 0 Å². The molecule has 0 saturated heterocycles. The standard InChI is InChI=1S/C14H25F3N2O/c1-9(2)19(4)13(20)10(3)18-12-8-6-5-7-11(12)14(15,16)17/h9-12,18H,5-8H2,1-4H3/t10-,11+,12-/m0/s1. The second-order valence-corrected chi connectivity index (χ2v) is 5.97.